The lowest BCUT2D eigenvalue weighted by Gasteiger charge is -2.10. The topological polar surface area (TPSA) is 84.5 Å². The minimum atomic E-state index is -0.342. The minimum absolute atomic E-state index is 0.159. The monoisotopic (exact) mass is 430 g/mol. The highest BCUT2D eigenvalue weighted by atomic mass is 79.9. The summed E-state index contributed by atoms with van der Waals surface area (Å²) in [5.41, 5.74) is 1.61. The smallest absolute Gasteiger partial charge is 0.256 e. The fraction of sp³-hybridized carbons (Fsp3) is 0.200. The summed E-state index contributed by atoms with van der Waals surface area (Å²) < 4.78 is 16.8. The number of hydrogen-bond acceptors (Lipinski definition) is 5. The largest absolute Gasteiger partial charge is 0.493 e. The maximum Gasteiger partial charge on any atom is 0.256 e. The van der Waals surface area contributed by atoms with Crippen LogP contribution in [0, 0.1) is 5.41 Å². The molecule has 2 N–H and O–H groups in total. The summed E-state index contributed by atoms with van der Waals surface area (Å²) in [5, 5.41) is 11.6. The van der Waals surface area contributed by atoms with Gasteiger partial charge in [-0.05, 0) is 48.4 Å². The lowest BCUT2D eigenvalue weighted by molar-refractivity contribution is 0.0950. The maximum absolute atomic E-state index is 12.5. The Morgan fingerprint density at radius 3 is 2.63 bits per heavy atom. The Morgan fingerprint density at radius 2 is 1.89 bits per heavy atom. The fourth-order valence-corrected chi connectivity index (χ4v) is 3.11. The van der Waals surface area contributed by atoms with Crippen molar-refractivity contribution >= 4 is 32.8 Å². The van der Waals surface area contributed by atoms with Crippen LogP contribution in [0.25, 0.3) is 11.0 Å². The zero-order valence-corrected chi connectivity index (χ0v) is 16.6. The molecule has 0 bridgehead atoms. The molecule has 2 aromatic carbocycles. The van der Waals surface area contributed by atoms with Gasteiger partial charge in [-0.2, -0.15) is 0 Å². The van der Waals surface area contributed by atoms with Gasteiger partial charge in [-0.3, -0.25) is 10.2 Å². The normalized spacial score (nSPS) is 10.6. The summed E-state index contributed by atoms with van der Waals surface area (Å²) in [6, 6.07) is 12.7. The first-order valence-electron chi connectivity index (χ1n) is 8.29. The van der Waals surface area contributed by atoms with Crippen LogP contribution in [0.5, 0.6) is 11.5 Å². The number of ether oxygens (including phenoxy) is 2. The molecule has 27 heavy (non-hydrogen) atoms. The highest BCUT2D eigenvalue weighted by Gasteiger charge is 2.12. The quantitative estimate of drug-likeness (QED) is 0.624. The molecule has 0 fully saturated rings. The van der Waals surface area contributed by atoms with Crippen molar-refractivity contribution in [3.8, 4) is 11.5 Å². The third-order valence-corrected chi connectivity index (χ3v) is 4.61. The van der Waals surface area contributed by atoms with E-state index in [1.807, 2.05) is 30.3 Å². The highest BCUT2D eigenvalue weighted by molar-refractivity contribution is 9.10. The van der Waals surface area contributed by atoms with Gasteiger partial charge < -0.3 is 19.2 Å². The third-order valence-electron chi connectivity index (χ3n) is 4.12. The summed E-state index contributed by atoms with van der Waals surface area (Å²) in [7, 11) is 3.17. The van der Waals surface area contributed by atoms with Gasteiger partial charge in [0.2, 0.25) is 5.55 Å². The lowest BCUT2D eigenvalue weighted by Crippen LogP contribution is -2.30. The summed E-state index contributed by atoms with van der Waals surface area (Å²) in [5.74, 6) is 0.966. The Hall–Kier alpha value is -2.80. The van der Waals surface area contributed by atoms with E-state index < -0.39 is 0 Å². The third kappa shape index (κ3) is 4.31. The number of carbonyl (C=O) groups excluding carboxylic acids is 1. The van der Waals surface area contributed by atoms with E-state index >= 15 is 0 Å². The van der Waals surface area contributed by atoms with Crippen LogP contribution in [0.2, 0.25) is 0 Å². The van der Waals surface area contributed by atoms with Crippen molar-refractivity contribution in [3.63, 3.8) is 0 Å². The number of carbonyl (C=O) groups is 1. The number of halogens is 1. The van der Waals surface area contributed by atoms with Crippen LogP contribution >= 0.6 is 15.9 Å². The SMILES string of the molecule is COc1ccc(CCNC(=O)c2cc3cc(Br)ccc3oc2=N)cc1OC. The van der Waals surface area contributed by atoms with E-state index in [4.69, 9.17) is 19.3 Å². The van der Waals surface area contributed by atoms with Crippen LogP contribution in [0.1, 0.15) is 15.9 Å². The Balaban J connectivity index is 1.70. The van der Waals surface area contributed by atoms with Crippen LogP contribution in [0.3, 0.4) is 0 Å². The number of rotatable bonds is 6. The van der Waals surface area contributed by atoms with Crippen molar-refractivity contribution in [3.05, 3.63) is 63.6 Å². The maximum atomic E-state index is 12.5. The predicted molar refractivity (Wildman–Crippen MR) is 105 cm³/mol. The molecule has 0 unspecified atom stereocenters. The van der Waals surface area contributed by atoms with Crippen molar-refractivity contribution < 1.29 is 18.7 Å². The van der Waals surface area contributed by atoms with Crippen molar-refractivity contribution in [1.82, 2.24) is 5.32 Å². The molecule has 0 aliphatic carbocycles. The van der Waals surface area contributed by atoms with Gasteiger partial charge in [0, 0.05) is 16.4 Å². The minimum Gasteiger partial charge on any atom is -0.493 e. The zero-order valence-electron chi connectivity index (χ0n) is 15.0. The molecule has 0 aliphatic heterocycles. The predicted octanol–water partition coefficient (Wildman–Crippen LogP) is 3.66. The van der Waals surface area contributed by atoms with E-state index in [0.29, 0.717) is 30.0 Å². The molecule has 1 amide bonds. The summed E-state index contributed by atoms with van der Waals surface area (Å²) in [6.45, 7) is 0.421. The Morgan fingerprint density at radius 1 is 1.11 bits per heavy atom. The number of fused-ring (bicyclic) bond motifs is 1. The van der Waals surface area contributed by atoms with Crippen molar-refractivity contribution in [2.24, 2.45) is 0 Å². The molecule has 0 radical (unpaired) electrons. The molecule has 0 spiro atoms. The van der Waals surface area contributed by atoms with Gasteiger partial charge >= 0.3 is 0 Å². The number of benzene rings is 2. The van der Waals surface area contributed by atoms with Crippen molar-refractivity contribution in [2.45, 2.75) is 6.42 Å². The van der Waals surface area contributed by atoms with E-state index in [-0.39, 0.29) is 17.0 Å². The first kappa shape index (κ1) is 19.0. The Labute approximate surface area is 164 Å². The molecule has 3 aromatic rings. The lowest BCUT2D eigenvalue weighted by atomic mass is 10.1. The molecule has 7 heteroatoms. The van der Waals surface area contributed by atoms with Gasteiger partial charge in [0.05, 0.1) is 14.2 Å². The van der Waals surface area contributed by atoms with Gasteiger partial charge in [0.15, 0.2) is 11.5 Å². The molecule has 0 aliphatic rings. The number of hydrogen-bond donors (Lipinski definition) is 2. The molecular formula is C20H19BrN2O4. The fourth-order valence-electron chi connectivity index (χ4n) is 2.73. The number of nitrogens with one attached hydrogen (secondary N) is 2. The van der Waals surface area contributed by atoms with Crippen LogP contribution in [-0.4, -0.2) is 26.7 Å². The van der Waals surface area contributed by atoms with Gasteiger partial charge in [-0.1, -0.05) is 22.0 Å². The molecule has 0 atom stereocenters. The highest BCUT2D eigenvalue weighted by Crippen LogP contribution is 2.27. The van der Waals surface area contributed by atoms with Crippen molar-refractivity contribution in [1.29, 1.82) is 5.41 Å². The second-order valence-electron chi connectivity index (χ2n) is 5.87. The molecule has 140 valence electrons. The van der Waals surface area contributed by atoms with E-state index in [9.17, 15) is 4.79 Å². The standard InChI is InChI=1S/C20H19BrN2O4/c1-25-17-5-3-12(9-18(17)26-2)7-8-23-20(24)15-11-13-10-14(21)4-6-16(13)27-19(15)22/h3-6,9-11,22H,7-8H2,1-2H3,(H,23,24). The van der Waals surface area contributed by atoms with Gasteiger partial charge in [-0.15, -0.1) is 0 Å². The van der Waals surface area contributed by atoms with E-state index in [2.05, 4.69) is 21.2 Å². The average molecular weight is 431 g/mol. The second-order valence-corrected chi connectivity index (χ2v) is 6.78. The molecule has 6 nitrogen and oxygen atoms in total. The Kier molecular flexibility index (Phi) is 5.81. The molecular weight excluding hydrogens is 412 g/mol. The van der Waals surface area contributed by atoms with E-state index in [1.54, 1.807) is 26.4 Å². The molecule has 0 saturated heterocycles. The van der Waals surface area contributed by atoms with Crippen LogP contribution in [-0.2, 0) is 6.42 Å². The number of amides is 1. The van der Waals surface area contributed by atoms with Crippen LogP contribution < -0.4 is 20.3 Å². The summed E-state index contributed by atoms with van der Waals surface area (Å²) >= 11 is 3.39. The molecule has 1 heterocycles. The van der Waals surface area contributed by atoms with Gasteiger partial charge in [0.25, 0.3) is 5.91 Å². The molecule has 1 aromatic heterocycles. The zero-order chi connectivity index (χ0) is 19.4. The van der Waals surface area contributed by atoms with Gasteiger partial charge in [0.1, 0.15) is 11.1 Å². The summed E-state index contributed by atoms with van der Waals surface area (Å²) in [6.07, 6.45) is 0.621. The molecule has 0 saturated carbocycles. The van der Waals surface area contributed by atoms with Crippen LogP contribution in [0.4, 0.5) is 0 Å². The first-order chi connectivity index (χ1) is 13.0. The first-order valence-corrected chi connectivity index (χ1v) is 9.08. The van der Waals surface area contributed by atoms with E-state index in [1.165, 1.54) is 0 Å². The van der Waals surface area contributed by atoms with Gasteiger partial charge in [-0.25, -0.2) is 0 Å². The number of methoxy groups -OCH3 is 2. The molecule has 3 rings (SSSR count). The Bertz CT molecular complexity index is 1050. The average Bonchev–Trinajstić information content (AvgIpc) is 2.67. The van der Waals surface area contributed by atoms with Crippen LogP contribution in [0.15, 0.2) is 51.4 Å². The second kappa shape index (κ2) is 8.26. The summed E-state index contributed by atoms with van der Waals surface area (Å²) in [4.78, 5) is 12.5. The van der Waals surface area contributed by atoms with E-state index in [0.717, 1.165) is 15.4 Å². The van der Waals surface area contributed by atoms with Crippen molar-refractivity contribution in [2.75, 3.05) is 20.8 Å².